The van der Waals surface area contributed by atoms with E-state index in [9.17, 15) is 14.7 Å². The molecule has 0 aliphatic carbocycles. The SMILES string of the molecule is CC(=O)NC1CCN(C[C@@]2(O)CCCN(C(=O)Cc3csc(C)n3)CC2)CC1. The van der Waals surface area contributed by atoms with Crippen molar-refractivity contribution in [2.75, 3.05) is 32.7 Å². The van der Waals surface area contributed by atoms with Crippen LogP contribution in [0.2, 0.25) is 0 Å². The Morgan fingerprint density at radius 3 is 2.68 bits per heavy atom. The van der Waals surface area contributed by atoms with Crippen LogP contribution >= 0.6 is 11.3 Å². The Kier molecular flexibility index (Phi) is 7.06. The molecule has 2 N–H and O–H groups in total. The van der Waals surface area contributed by atoms with Crippen LogP contribution in [0.25, 0.3) is 0 Å². The number of carbonyl (C=O) groups is 2. The highest BCUT2D eigenvalue weighted by Gasteiger charge is 2.34. The van der Waals surface area contributed by atoms with Gasteiger partial charge in [-0.1, -0.05) is 0 Å². The summed E-state index contributed by atoms with van der Waals surface area (Å²) in [4.78, 5) is 32.4. The third kappa shape index (κ3) is 5.99. The van der Waals surface area contributed by atoms with Gasteiger partial charge in [0.25, 0.3) is 0 Å². The summed E-state index contributed by atoms with van der Waals surface area (Å²) >= 11 is 1.57. The predicted octanol–water partition coefficient (Wildman–Crippen LogP) is 1.34. The van der Waals surface area contributed by atoms with E-state index in [1.807, 2.05) is 17.2 Å². The normalized spacial score (nSPS) is 24.8. The number of nitrogens with one attached hydrogen (secondary N) is 1. The molecule has 0 radical (unpaired) electrons. The Morgan fingerprint density at radius 2 is 2.04 bits per heavy atom. The summed E-state index contributed by atoms with van der Waals surface area (Å²) in [6.07, 6.45) is 4.35. The van der Waals surface area contributed by atoms with Crippen LogP contribution < -0.4 is 5.32 Å². The number of β-amino-alcohol motifs (C(OH)–C–C–N with tert-alkyl or cyclic N) is 1. The van der Waals surface area contributed by atoms with E-state index in [4.69, 9.17) is 0 Å². The zero-order chi connectivity index (χ0) is 20.1. The van der Waals surface area contributed by atoms with E-state index < -0.39 is 5.60 Å². The molecule has 28 heavy (non-hydrogen) atoms. The Hall–Kier alpha value is -1.51. The van der Waals surface area contributed by atoms with E-state index in [0.29, 0.717) is 32.5 Å². The number of piperidine rings is 1. The Bertz CT molecular complexity index is 687. The smallest absolute Gasteiger partial charge is 0.228 e. The van der Waals surface area contributed by atoms with Crippen molar-refractivity contribution in [1.29, 1.82) is 0 Å². The number of amides is 2. The van der Waals surface area contributed by atoms with Crippen LogP contribution in [0.5, 0.6) is 0 Å². The molecule has 1 aromatic rings. The molecule has 0 saturated carbocycles. The van der Waals surface area contributed by atoms with Gasteiger partial charge in [0.05, 0.1) is 22.7 Å². The Balaban J connectivity index is 1.47. The number of thiazole rings is 1. The average molecular weight is 409 g/mol. The molecule has 2 aliphatic rings. The zero-order valence-electron chi connectivity index (χ0n) is 16.9. The number of hydrogen-bond acceptors (Lipinski definition) is 6. The molecule has 1 aromatic heterocycles. The molecule has 2 fully saturated rings. The van der Waals surface area contributed by atoms with Crippen molar-refractivity contribution in [2.24, 2.45) is 0 Å². The van der Waals surface area contributed by atoms with E-state index in [1.165, 1.54) is 0 Å². The summed E-state index contributed by atoms with van der Waals surface area (Å²) in [5, 5.41) is 17.1. The lowest BCUT2D eigenvalue weighted by Gasteiger charge is -2.38. The fourth-order valence-corrected chi connectivity index (χ4v) is 4.89. The second-order valence-corrected chi connectivity index (χ2v) is 9.31. The third-order valence-electron chi connectivity index (χ3n) is 5.78. The number of aliphatic hydroxyl groups is 1. The van der Waals surface area contributed by atoms with Crippen molar-refractivity contribution in [3.05, 3.63) is 16.1 Å². The number of aryl methyl sites for hydroxylation is 1. The molecule has 3 heterocycles. The van der Waals surface area contributed by atoms with Gasteiger partial charge in [0, 0.05) is 51.1 Å². The number of aromatic nitrogens is 1. The van der Waals surface area contributed by atoms with Gasteiger partial charge < -0.3 is 20.2 Å². The minimum absolute atomic E-state index is 0.0263. The molecule has 7 nitrogen and oxygen atoms in total. The largest absolute Gasteiger partial charge is 0.388 e. The molecule has 0 spiro atoms. The highest BCUT2D eigenvalue weighted by atomic mass is 32.1. The first-order chi connectivity index (χ1) is 13.3. The highest BCUT2D eigenvalue weighted by molar-refractivity contribution is 7.09. The summed E-state index contributed by atoms with van der Waals surface area (Å²) in [7, 11) is 0. The van der Waals surface area contributed by atoms with Crippen molar-refractivity contribution >= 4 is 23.2 Å². The molecule has 0 aromatic carbocycles. The lowest BCUT2D eigenvalue weighted by Crippen LogP contribution is -2.50. The fourth-order valence-electron chi connectivity index (χ4n) is 4.28. The topological polar surface area (TPSA) is 85.8 Å². The standard InChI is InChI=1S/C20H32N4O3S/c1-15(25)21-17-4-9-23(10-5-17)14-20(27)6-3-8-24(11-7-20)19(26)12-18-13-28-16(2)22-18/h13,17,27H,3-12,14H2,1-2H3,(H,21,25)/t20-/m1/s1. The zero-order valence-corrected chi connectivity index (χ0v) is 17.8. The molecule has 0 unspecified atom stereocenters. The summed E-state index contributed by atoms with van der Waals surface area (Å²) < 4.78 is 0. The van der Waals surface area contributed by atoms with Gasteiger partial charge in [0.15, 0.2) is 0 Å². The van der Waals surface area contributed by atoms with Crippen molar-refractivity contribution in [1.82, 2.24) is 20.1 Å². The predicted molar refractivity (Wildman–Crippen MR) is 109 cm³/mol. The molecule has 156 valence electrons. The number of rotatable bonds is 5. The summed E-state index contributed by atoms with van der Waals surface area (Å²) in [6.45, 7) is 7.23. The summed E-state index contributed by atoms with van der Waals surface area (Å²) in [5.41, 5.74) is 0.0987. The van der Waals surface area contributed by atoms with Crippen LogP contribution in [0, 0.1) is 6.92 Å². The maximum atomic E-state index is 12.6. The fraction of sp³-hybridized carbons (Fsp3) is 0.750. The van der Waals surface area contributed by atoms with Crippen LogP contribution in [-0.4, -0.2) is 76.1 Å². The minimum atomic E-state index is -0.743. The molecule has 2 amide bonds. The van der Waals surface area contributed by atoms with Gasteiger partial charge in [-0.2, -0.15) is 0 Å². The third-order valence-corrected chi connectivity index (χ3v) is 6.60. The van der Waals surface area contributed by atoms with Gasteiger partial charge in [0.2, 0.25) is 11.8 Å². The van der Waals surface area contributed by atoms with Gasteiger partial charge in [-0.05, 0) is 39.0 Å². The molecule has 3 rings (SSSR count). The maximum absolute atomic E-state index is 12.6. The van der Waals surface area contributed by atoms with Gasteiger partial charge in [-0.3, -0.25) is 9.59 Å². The van der Waals surface area contributed by atoms with Crippen molar-refractivity contribution in [2.45, 2.75) is 64.0 Å². The van der Waals surface area contributed by atoms with Crippen LogP contribution in [0.1, 0.15) is 49.7 Å². The van der Waals surface area contributed by atoms with Crippen molar-refractivity contribution < 1.29 is 14.7 Å². The monoisotopic (exact) mass is 408 g/mol. The van der Waals surface area contributed by atoms with Crippen LogP contribution in [0.3, 0.4) is 0 Å². The van der Waals surface area contributed by atoms with E-state index in [-0.39, 0.29) is 17.9 Å². The number of nitrogens with zero attached hydrogens (tertiary/aromatic N) is 3. The molecule has 1 atom stereocenters. The average Bonchev–Trinajstić information content (AvgIpc) is 2.93. The van der Waals surface area contributed by atoms with Gasteiger partial charge >= 0.3 is 0 Å². The lowest BCUT2D eigenvalue weighted by molar-refractivity contribution is -0.130. The first kappa shape index (κ1) is 21.2. The molecule has 2 saturated heterocycles. The molecule has 8 heteroatoms. The van der Waals surface area contributed by atoms with E-state index >= 15 is 0 Å². The quantitative estimate of drug-likeness (QED) is 0.768. The lowest BCUT2D eigenvalue weighted by atomic mass is 9.93. The second-order valence-electron chi connectivity index (χ2n) is 8.24. The molecular weight excluding hydrogens is 376 g/mol. The first-order valence-corrected chi connectivity index (χ1v) is 11.1. The number of likely N-dealkylation sites (tertiary alicyclic amines) is 2. The molecular formula is C20H32N4O3S. The Labute approximate surface area is 171 Å². The van der Waals surface area contributed by atoms with Gasteiger partial charge in [-0.25, -0.2) is 4.98 Å². The van der Waals surface area contributed by atoms with E-state index in [2.05, 4.69) is 15.2 Å². The van der Waals surface area contributed by atoms with Crippen LogP contribution in [-0.2, 0) is 16.0 Å². The first-order valence-electron chi connectivity index (χ1n) is 10.2. The van der Waals surface area contributed by atoms with Crippen LogP contribution in [0.4, 0.5) is 0 Å². The van der Waals surface area contributed by atoms with Crippen LogP contribution in [0.15, 0.2) is 5.38 Å². The van der Waals surface area contributed by atoms with Crippen molar-refractivity contribution in [3.63, 3.8) is 0 Å². The van der Waals surface area contributed by atoms with Gasteiger partial charge in [-0.15, -0.1) is 11.3 Å². The summed E-state index contributed by atoms with van der Waals surface area (Å²) in [5.74, 6) is 0.129. The number of carbonyl (C=O) groups excluding carboxylic acids is 2. The minimum Gasteiger partial charge on any atom is -0.388 e. The molecule has 0 bridgehead atoms. The maximum Gasteiger partial charge on any atom is 0.228 e. The van der Waals surface area contributed by atoms with Gasteiger partial charge in [0.1, 0.15) is 0 Å². The highest BCUT2D eigenvalue weighted by Crippen LogP contribution is 2.25. The van der Waals surface area contributed by atoms with Crippen molar-refractivity contribution in [3.8, 4) is 0 Å². The van der Waals surface area contributed by atoms with E-state index in [0.717, 1.165) is 49.5 Å². The Morgan fingerprint density at radius 1 is 1.29 bits per heavy atom. The summed E-state index contributed by atoms with van der Waals surface area (Å²) in [6, 6.07) is 0.250. The molecule has 2 aliphatic heterocycles. The second kappa shape index (κ2) is 9.33. The number of hydrogen-bond donors (Lipinski definition) is 2. The van der Waals surface area contributed by atoms with E-state index in [1.54, 1.807) is 18.3 Å².